The Morgan fingerprint density at radius 1 is 1.24 bits per heavy atom. The minimum Gasteiger partial charge on any atom is -0.381 e. The maximum atomic E-state index is 13.5. The van der Waals surface area contributed by atoms with Crippen molar-refractivity contribution in [1.82, 2.24) is 10.1 Å². The minimum absolute atomic E-state index is 0.000891. The second kappa shape index (κ2) is 8.83. The van der Waals surface area contributed by atoms with Gasteiger partial charge < -0.3 is 25.6 Å². The molecule has 10 nitrogen and oxygen atoms in total. The fourth-order valence-corrected chi connectivity index (χ4v) is 5.63. The molecule has 1 atom stereocenters. The van der Waals surface area contributed by atoms with Gasteiger partial charge in [-0.25, -0.2) is 4.98 Å². The number of pyridine rings is 1. The van der Waals surface area contributed by atoms with Crippen LogP contribution in [-0.4, -0.2) is 41.1 Å². The van der Waals surface area contributed by atoms with Crippen LogP contribution in [0, 0.1) is 11.8 Å². The molecule has 0 bridgehead atoms. The summed E-state index contributed by atoms with van der Waals surface area (Å²) in [4.78, 5) is 42.7. The van der Waals surface area contributed by atoms with Crippen LogP contribution in [0.5, 0.6) is 0 Å². The quantitative estimate of drug-likeness (QED) is 0.612. The Labute approximate surface area is 197 Å². The van der Waals surface area contributed by atoms with Crippen molar-refractivity contribution in [3.8, 4) is 0 Å². The van der Waals surface area contributed by atoms with Gasteiger partial charge in [0.05, 0.1) is 17.0 Å². The molecule has 180 valence electrons. The summed E-state index contributed by atoms with van der Waals surface area (Å²) in [5.74, 6) is -0.844. The van der Waals surface area contributed by atoms with E-state index in [9.17, 15) is 14.4 Å². The molecule has 0 unspecified atom stereocenters. The monoisotopic (exact) mass is 467 g/mol. The molecule has 0 aromatic carbocycles. The summed E-state index contributed by atoms with van der Waals surface area (Å²) in [7, 11) is 0. The van der Waals surface area contributed by atoms with E-state index in [1.54, 1.807) is 12.3 Å². The van der Waals surface area contributed by atoms with Crippen LogP contribution in [0.1, 0.15) is 73.0 Å². The first-order valence-electron chi connectivity index (χ1n) is 11.8. The Balaban J connectivity index is 1.42. The largest absolute Gasteiger partial charge is 0.381 e. The van der Waals surface area contributed by atoms with E-state index in [0.717, 1.165) is 31.2 Å². The average Bonchev–Trinajstić information content (AvgIpc) is 3.39. The topological polar surface area (TPSA) is 149 Å². The van der Waals surface area contributed by atoms with Gasteiger partial charge in [-0.3, -0.25) is 14.4 Å². The Hall–Kier alpha value is -3.27. The number of primary amides is 1. The fourth-order valence-electron chi connectivity index (χ4n) is 5.63. The Morgan fingerprint density at radius 2 is 1.97 bits per heavy atom. The average molecular weight is 468 g/mol. The van der Waals surface area contributed by atoms with Crippen LogP contribution in [-0.2, 0) is 19.7 Å². The number of carbonyl (C=O) groups is 3. The van der Waals surface area contributed by atoms with Gasteiger partial charge in [-0.1, -0.05) is 24.9 Å². The molecular weight excluding hydrogens is 438 g/mol. The highest BCUT2D eigenvalue weighted by atomic mass is 16.5. The number of nitrogens with zero attached hydrogens (tertiary/aromatic N) is 2. The smallest absolute Gasteiger partial charge is 0.253 e. The lowest BCUT2D eigenvalue weighted by atomic mass is 9.74. The Bertz CT molecular complexity index is 1110. The molecule has 1 spiro atoms. The summed E-state index contributed by atoms with van der Waals surface area (Å²) >= 11 is 0. The molecule has 2 aromatic heterocycles. The molecule has 4 heterocycles. The van der Waals surface area contributed by atoms with Gasteiger partial charge >= 0.3 is 0 Å². The van der Waals surface area contributed by atoms with E-state index in [1.165, 1.54) is 6.26 Å². The van der Waals surface area contributed by atoms with E-state index >= 15 is 0 Å². The second-order valence-corrected chi connectivity index (χ2v) is 9.73. The molecule has 2 fully saturated rings. The van der Waals surface area contributed by atoms with E-state index in [4.69, 9.17) is 15.0 Å². The van der Waals surface area contributed by atoms with Crippen molar-refractivity contribution in [3.63, 3.8) is 0 Å². The van der Waals surface area contributed by atoms with Gasteiger partial charge in [0.15, 0.2) is 0 Å². The van der Waals surface area contributed by atoms with Crippen molar-refractivity contribution in [1.29, 1.82) is 0 Å². The van der Waals surface area contributed by atoms with Gasteiger partial charge in [0, 0.05) is 31.0 Å². The van der Waals surface area contributed by atoms with Gasteiger partial charge in [0.2, 0.25) is 11.8 Å². The van der Waals surface area contributed by atoms with Crippen molar-refractivity contribution < 1.29 is 23.6 Å². The molecule has 2 aliphatic heterocycles. The lowest BCUT2D eigenvalue weighted by molar-refractivity contribution is -0.124. The number of hydrogen-bond donors (Lipinski definition) is 3. The van der Waals surface area contributed by atoms with Crippen LogP contribution in [0.4, 0.5) is 11.5 Å². The first-order chi connectivity index (χ1) is 16.4. The zero-order chi connectivity index (χ0) is 23.9. The lowest BCUT2D eigenvalue weighted by Gasteiger charge is -2.31. The number of rotatable bonds is 5. The molecule has 3 amide bonds. The number of fused-ring (bicyclic) bond motifs is 2. The summed E-state index contributed by atoms with van der Waals surface area (Å²) in [6, 6.07) is 1.69. The molecule has 1 saturated carbocycles. The number of carbonyl (C=O) groups excluding carboxylic acids is 3. The fraction of sp³-hybridized carbons (Fsp3) is 0.542. The van der Waals surface area contributed by atoms with Crippen molar-refractivity contribution in [2.45, 2.75) is 56.8 Å². The van der Waals surface area contributed by atoms with Gasteiger partial charge in [0.1, 0.15) is 23.3 Å². The number of nitrogens with one attached hydrogen (secondary N) is 2. The van der Waals surface area contributed by atoms with E-state index in [-0.39, 0.29) is 29.0 Å². The summed E-state index contributed by atoms with van der Waals surface area (Å²) in [6.45, 7) is 3.24. The van der Waals surface area contributed by atoms with Crippen molar-refractivity contribution in [2.75, 3.05) is 23.8 Å². The molecule has 1 aliphatic carbocycles. The van der Waals surface area contributed by atoms with Crippen molar-refractivity contribution in [3.05, 3.63) is 35.3 Å². The van der Waals surface area contributed by atoms with Crippen molar-refractivity contribution in [2.24, 2.45) is 17.6 Å². The predicted molar refractivity (Wildman–Crippen MR) is 122 cm³/mol. The number of nitrogens with two attached hydrogens (primary N) is 1. The molecule has 3 aliphatic rings. The van der Waals surface area contributed by atoms with Crippen LogP contribution in [0.3, 0.4) is 0 Å². The third kappa shape index (κ3) is 3.85. The third-order valence-corrected chi connectivity index (χ3v) is 7.67. The molecule has 34 heavy (non-hydrogen) atoms. The summed E-state index contributed by atoms with van der Waals surface area (Å²) < 4.78 is 10.5. The second-order valence-electron chi connectivity index (χ2n) is 9.73. The number of aromatic nitrogens is 2. The highest BCUT2D eigenvalue weighted by molar-refractivity contribution is 6.07. The number of anilines is 2. The van der Waals surface area contributed by atoms with Crippen LogP contribution < -0.4 is 16.4 Å². The van der Waals surface area contributed by atoms with Crippen molar-refractivity contribution >= 4 is 29.2 Å². The first-order valence-corrected chi connectivity index (χ1v) is 11.8. The molecule has 4 N–H and O–H groups in total. The van der Waals surface area contributed by atoms with Gasteiger partial charge in [0.25, 0.3) is 5.91 Å². The summed E-state index contributed by atoms with van der Waals surface area (Å²) in [5.41, 5.74) is 6.76. The van der Waals surface area contributed by atoms with Gasteiger partial charge in [-0.15, -0.1) is 0 Å². The standard InChI is InChI=1S/C24H29N5O5/c1-13-2-4-14(5-3-13)19(20-15(21(25)30)12-34-29-20)22(31)28-18-10-17-16(11-26-18)24(23(32)27-17)6-8-33-9-7-24/h10-14,19H,2-9H2,1H3,(H2,25,30)(H,27,32)(H,26,28,31)/t13?,14?,19-/m0/s1. The van der Waals surface area contributed by atoms with Crippen LogP contribution in [0.25, 0.3) is 0 Å². The highest BCUT2D eigenvalue weighted by Gasteiger charge is 2.48. The normalized spacial score (nSPS) is 24.3. The molecule has 0 radical (unpaired) electrons. The Kier molecular flexibility index (Phi) is 5.85. The summed E-state index contributed by atoms with van der Waals surface area (Å²) in [5, 5.41) is 9.82. The van der Waals surface area contributed by atoms with Crippen LogP contribution in [0.2, 0.25) is 0 Å². The van der Waals surface area contributed by atoms with Crippen LogP contribution >= 0.6 is 0 Å². The van der Waals surface area contributed by atoms with Gasteiger partial charge in [-0.2, -0.15) is 0 Å². The maximum absolute atomic E-state index is 13.5. The minimum atomic E-state index is -0.694. The first kappa shape index (κ1) is 22.5. The SMILES string of the molecule is CC1CCC([C@H](C(=O)Nc2cc3c(cn2)C2(CCOCC2)C(=O)N3)c2nocc2C(N)=O)CC1. The summed E-state index contributed by atoms with van der Waals surface area (Å²) in [6.07, 6.45) is 7.72. The highest BCUT2D eigenvalue weighted by Crippen LogP contribution is 2.45. The predicted octanol–water partition coefficient (Wildman–Crippen LogP) is 2.72. The zero-order valence-corrected chi connectivity index (χ0v) is 19.1. The molecule has 5 rings (SSSR count). The number of hydrogen-bond acceptors (Lipinski definition) is 7. The van der Waals surface area contributed by atoms with E-state index < -0.39 is 17.2 Å². The molecule has 10 heteroatoms. The van der Waals surface area contributed by atoms with Gasteiger partial charge in [-0.05, 0) is 37.5 Å². The van der Waals surface area contributed by atoms with E-state index in [1.807, 2.05) is 0 Å². The molecule has 2 aromatic rings. The third-order valence-electron chi connectivity index (χ3n) is 7.67. The molecular formula is C24H29N5O5. The zero-order valence-electron chi connectivity index (χ0n) is 19.1. The Morgan fingerprint density at radius 3 is 2.68 bits per heavy atom. The van der Waals surface area contributed by atoms with E-state index in [0.29, 0.717) is 43.5 Å². The number of amides is 3. The van der Waals surface area contributed by atoms with Crippen LogP contribution in [0.15, 0.2) is 23.0 Å². The lowest BCUT2D eigenvalue weighted by Crippen LogP contribution is -2.40. The van der Waals surface area contributed by atoms with E-state index in [2.05, 4.69) is 27.7 Å². The maximum Gasteiger partial charge on any atom is 0.253 e. The molecule has 1 saturated heterocycles. The number of ether oxygens (including phenoxy) is 1.